The molecule has 1 atom stereocenters. The standard InChI is InChI=1S/C21H29BrN4O3S/c1-15(4-5-17-6-8-19(22)9-7-17)23-21(27)18-10-12-26(13-11-18)30(28,29)20-14-25(3)16(2)24-20/h6-9,14-15,18H,4-5,10-13H2,1-3H3,(H,23,27). The van der Waals surface area contributed by atoms with Crippen LogP contribution in [-0.4, -0.2) is 47.3 Å². The Hall–Kier alpha value is -1.71. The molecule has 0 aliphatic carbocycles. The second-order valence-corrected chi connectivity index (χ2v) is 10.8. The van der Waals surface area contributed by atoms with Crippen LogP contribution in [0.3, 0.4) is 0 Å². The number of nitrogens with zero attached hydrogens (tertiary/aromatic N) is 3. The summed E-state index contributed by atoms with van der Waals surface area (Å²) in [6, 6.07) is 8.27. The Labute approximate surface area is 187 Å². The van der Waals surface area contributed by atoms with Gasteiger partial charge in [0.25, 0.3) is 10.0 Å². The molecule has 1 fully saturated rings. The molecule has 2 aromatic rings. The van der Waals surface area contributed by atoms with Crippen molar-refractivity contribution in [1.29, 1.82) is 0 Å². The third-order valence-corrected chi connectivity index (χ3v) is 7.98. The molecule has 9 heteroatoms. The van der Waals surface area contributed by atoms with Crippen molar-refractivity contribution < 1.29 is 13.2 Å². The van der Waals surface area contributed by atoms with E-state index in [9.17, 15) is 13.2 Å². The Kier molecular flexibility index (Phi) is 7.36. The lowest BCUT2D eigenvalue weighted by atomic mass is 9.96. The van der Waals surface area contributed by atoms with Gasteiger partial charge in [-0.05, 0) is 57.2 Å². The molecule has 3 rings (SSSR count). The summed E-state index contributed by atoms with van der Waals surface area (Å²) in [5.74, 6) is 0.515. The molecule has 1 N–H and O–H groups in total. The molecule has 164 valence electrons. The number of hydrogen-bond acceptors (Lipinski definition) is 4. The number of aromatic nitrogens is 2. The van der Waals surface area contributed by atoms with Gasteiger partial charge < -0.3 is 9.88 Å². The van der Waals surface area contributed by atoms with Gasteiger partial charge in [0.1, 0.15) is 5.82 Å². The number of hydrogen-bond donors (Lipinski definition) is 1. The zero-order valence-electron chi connectivity index (χ0n) is 17.6. The zero-order chi connectivity index (χ0) is 21.9. The van der Waals surface area contributed by atoms with Crippen LogP contribution in [0, 0.1) is 12.8 Å². The van der Waals surface area contributed by atoms with E-state index in [-0.39, 0.29) is 22.9 Å². The summed E-state index contributed by atoms with van der Waals surface area (Å²) in [6.45, 7) is 4.46. The van der Waals surface area contributed by atoms with Crippen LogP contribution in [0.1, 0.15) is 37.6 Å². The summed E-state index contributed by atoms with van der Waals surface area (Å²) in [6.07, 6.45) is 4.34. The van der Waals surface area contributed by atoms with Gasteiger partial charge in [0, 0.05) is 42.8 Å². The number of carbonyl (C=O) groups is 1. The molecule has 0 saturated carbocycles. The molecule has 0 spiro atoms. The monoisotopic (exact) mass is 496 g/mol. The summed E-state index contributed by atoms with van der Waals surface area (Å²) in [4.78, 5) is 16.8. The van der Waals surface area contributed by atoms with Crippen molar-refractivity contribution in [2.24, 2.45) is 13.0 Å². The van der Waals surface area contributed by atoms with Crippen molar-refractivity contribution in [3.05, 3.63) is 46.3 Å². The van der Waals surface area contributed by atoms with E-state index in [0.717, 1.165) is 17.3 Å². The molecule has 1 saturated heterocycles. The maximum atomic E-state index is 12.8. The topological polar surface area (TPSA) is 84.3 Å². The number of imidazole rings is 1. The van der Waals surface area contributed by atoms with Crippen molar-refractivity contribution in [2.75, 3.05) is 13.1 Å². The Balaban J connectivity index is 1.48. The van der Waals surface area contributed by atoms with Gasteiger partial charge in [0.05, 0.1) is 0 Å². The number of amides is 1. The van der Waals surface area contributed by atoms with Crippen molar-refractivity contribution >= 4 is 31.9 Å². The highest BCUT2D eigenvalue weighted by Gasteiger charge is 2.33. The zero-order valence-corrected chi connectivity index (χ0v) is 20.0. The van der Waals surface area contributed by atoms with Crippen LogP contribution in [0.15, 0.2) is 40.0 Å². The van der Waals surface area contributed by atoms with E-state index in [1.54, 1.807) is 18.5 Å². The minimum atomic E-state index is -3.61. The summed E-state index contributed by atoms with van der Waals surface area (Å²) >= 11 is 3.43. The molecule has 7 nitrogen and oxygen atoms in total. The van der Waals surface area contributed by atoms with E-state index in [2.05, 4.69) is 38.4 Å². The fourth-order valence-electron chi connectivity index (χ4n) is 3.61. The lowest BCUT2D eigenvalue weighted by molar-refractivity contribution is -0.126. The molecule has 1 unspecified atom stereocenters. The molecule has 1 aliphatic rings. The van der Waals surface area contributed by atoms with Crippen molar-refractivity contribution in [1.82, 2.24) is 19.2 Å². The number of nitrogens with one attached hydrogen (secondary N) is 1. The molecule has 0 bridgehead atoms. The smallest absolute Gasteiger partial charge is 0.262 e. The van der Waals surface area contributed by atoms with Gasteiger partial charge in [0.2, 0.25) is 5.91 Å². The molecule has 30 heavy (non-hydrogen) atoms. The molecular weight excluding hydrogens is 468 g/mol. The molecule has 0 radical (unpaired) electrons. The van der Waals surface area contributed by atoms with E-state index in [4.69, 9.17) is 0 Å². The van der Waals surface area contributed by atoms with Gasteiger partial charge in [-0.15, -0.1) is 0 Å². The Bertz CT molecular complexity index is 961. The van der Waals surface area contributed by atoms with Gasteiger partial charge in [-0.3, -0.25) is 4.79 Å². The van der Waals surface area contributed by atoms with Gasteiger partial charge in [0.15, 0.2) is 5.03 Å². The van der Waals surface area contributed by atoms with Crippen molar-refractivity contribution in [3.8, 4) is 0 Å². The molecule has 1 aromatic heterocycles. The highest BCUT2D eigenvalue weighted by Crippen LogP contribution is 2.24. The van der Waals surface area contributed by atoms with Gasteiger partial charge >= 0.3 is 0 Å². The van der Waals surface area contributed by atoms with Crippen LogP contribution in [0.4, 0.5) is 0 Å². The quantitative estimate of drug-likeness (QED) is 0.638. The molecule has 1 aromatic carbocycles. The van der Waals surface area contributed by atoms with Crippen LogP contribution in [0.5, 0.6) is 0 Å². The van der Waals surface area contributed by atoms with Gasteiger partial charge in [-0.2, -0.15) is 4.31 Å². The average Bonchev–Trinajstić information content (AvgIpc) is 3.07. The van der Waals surface area contributed by atoms with Gasteiger partial charge in [-0.1, -0.05) is 28.1 Å². The number of piperidine rings is 1. The van der Waals surface area contributed by atoms with Crippen LogP contribution in [0.25, 0.3) is 0 Å². The summed E-state index contributed by atoms with van der Waals surface area (Å²) < 4.78 is 29.8. The highest BCUT2D eigenvalue weighted by atomic mass is 79.9. The number of rotatable bonds is 7. The van der Waals surface area contributed by atoms with Crippen LogP contribution >= 0.6 is 15.9 Å². The Morgan fingerprint density at radius 2 is 1.90 bits per heavy atom. The lowest BCUT2D eigenvalue weighted by Gasteiger charge is -2.30. The average molecular weight is 497 g/mol. The second kappa shape index (κ2) is 9.62. The fourth-order valence-corrected chi connectivity index (χ4v) is 5.37. The first-order valence-electron chi connectivity index (χ1n) is 10.2. The molecule has 1 amide bonds. The SMILES string of the molecule is Cc1nc(S(=O)(=O)N2CCC(C(=O)NC(C)CCc3ccc(Br)cc3)CC2)cn1C. The third-order valence-electron chi connectivity index (χ3n) is 5.68. The number of aryl methyl sites for hydroxylation is 3. The first-order valence-corrected chi connectivity index (χ1v) is 12.4. The van der Waals surface area contributed by atoms with E-state index in [1.165, 1.54) is 16.1 Å². The Morgan fingerprint density at radius 3 is 2.47 bits per heavy atom. The number of sulfonamides is 1. The van der Waals surface area contributed by atoms with Crippen LogP contribution < -0.4 is 5.32 Å². The summed E-state index contributed by atoms with van der Waals surface area (Å²) in [7, 11) is -1.84. The Morgan fingerprint density at radius 1 is 1.27 bits per heavy atom. The second-order valence-electron chi connectivity index (χ2n) is 7.99. The minimum absolute atomic E-state index is 0.0176. The maximum Gasteiger partial charge on any atom is 0.262 e. The van der Waals surface area contributed by atoms with E-state index in [1.807, 2.05) is 19.1 Å². The largest absolute Gasteiger partial charge is 0.353 e. The predicted octanol–water partition coefficient (Wildman–Crippen LogP) is 3.03. The highest BCUT2D eigenvalue weighted by molar-refractivity contribution is 9.10. The predicted molar refractivity (Wildman–Crippen MR) is 119 cm³/mol. The molecule has 1 aliphatic heterocycles. The fraction of sp³-hybridized carbons (Fsp3) is 0.524. The van der Waals surface area contributed by atoms with Crippen molar-refractivity contribution in [3.63, 3.8) is 0 Å². The first kappa shape index (κ1) is 23.0. The third kappa shape index (κ3) is 5.50. The van der Waals surface area contributed by atoms with Crippen LogP contribution in [0.2, 0.25) is 0 Å². The minimum Gasteiger partial charge on any atom is -0.353 e. The summed E-state index contributed by atoms with van der Waals surface area (Å²) in [5.41, 5.74) is 1.24. The van der Waals surface area contributed by atoms with Gasteiger partial charge in [-0.25, -0.2) is 13.4 Å². The first-order chi connectivity index (χ1) is 14.2. The number of benzene rings is 1. The number of carbonyl (C=O) groups excluding carboxylic acids is 1. The van der Waals surface area contributed by atoms with Crippen LogP contribution in [-0.2, 0) is 28.3 Å². The van der Waals surface area contributed by atoms with E-state index >= 15 is 0 Å². The number of halogens is 1. The summed E-state index contributed by atoms with van der Waals surface area (Å²) in [5, 5.41) is 3.17. The lowest BCUT2D eigenvalue weighted by Crippen LogP contribution is -2.44. The van der Waals surface area contributed by atoms with E-state index in [0.29, 0.717) is 31.8 Å². The maximum absolute atomic E-state index is 12.8. The van der Waals surface area contributed by atoms with Crippen molar-refractivity contribution in [2.45, 2.75) is 50.6 Å². The molecule has 2 heterocycles. The normalized spacial score (nSPS) is 17.1. The van der Waals surface area contributed by atoms with E-state index < -0.39 is 10.0 Å². The molecular formula is C21H29BrN4O3S.